The van der Waals surface area contributed by atoms with Gasteiger partial charge in [0.1, 0.15) is 6.54 Å². The van der Waals surface area contributed by atoms with Gasteiger partial charge in [0.15, 0.2) is 0 Å². The van der Waals surface area contributed by atoms with Crippen LogP contribution in [0.2, 0.25) is 0 Å². The lowest BCUT2D eigenvalue weighted by Gasteiger charge is -2.25. The van der Waals surface area contributed by atoms with E-state index in [1.54, 1.807) is 0 Å². The number of hydrogen-bond donors (Lipinski definition) is 1. The van der Waals surface area contributed by atoms with Crippen molar-refractivity contribution in [2.75, 3.05) is 5.73 Å². The Hall–Kier alpha value is -1.41. The van der Waals surface area contributed by atoms with E-state index in [1.165, 1.54) is 13.8 Å². The van der Waals surface area contributed by atoms with Gasteiger partial charge in [0, 0.05) is 0 Å². The van der Waals surface area contributed by atoms with E-state index in [1.807, 2.05) is 0 Å². The van der Waals surface area contributed by atoms with Crippen LogP contribution in [-0.2, 0) is 6.54 Å². The summed E-state index contributed by atoms with van der Waals surface area (Å²) in [6.07, 6.45) is -4.46. The first-order valence-electron chi connectivity index (χ1n) is 4.84. The average molecular weight is 275 g/mol. The molecule has 0 aliphatic carbocycles. The fourth-order valence-corrected chi connectivity index (χ4v) is 1.32. The average Bonchev–Trinajstić information content (AvgIpc) is 2.45. The Morgan fingerprint density at radius 2 is 1.72 bits per heavy atom. The lowest BCUT2D eigenvalue weighted by Crippen LogP contribution is -2.49. The second-order valence-corrected chi connectivity index (χ2v) is 3.87. The third-order valence-corrected chi connectivity index (χ3v) is 2.55. The van der Waals surface area contributed by atoms with Gasteiger partial charge in [-0.1, -0.05) is 0 Å². The number of aryl methyl sites for hydroxylation is 1. The Morgan fingerprint density at radius 3 is 2.06 bits per heavy atom. The molecule has 3 nitrogen and oxygen atoms in total. The van der Waals surface area contributed by atoms with Crippen molar-refractivity contribution >= 4 is 5.69 Å². The van der Waals surface area contributed by atoms with E-state index < -0.39 is 24.8 Å². The van der Waals surface area contributed by atoms with Crippen LogP contribution in [0.3, 0.4) is 0 Å². The first-order valence-corrected chi connectivity index (χ1v) is 4.84. The van der Waals surface area contributed by atoms with Crippen LogP contribution in [0.5, 0.6) is 0 Å². The highest BCUT2D eigenvalue weighted by Gasteiger charge is 2.63. The van der Waals surface area contributed by atoms with E-state index in [0.29, 0.717) is 4.68 Å². The van der Waals surface area contributed by atoms with Gasteiger partial charge < -0.3 is 5.73 Å². The van der Waals surface area contributed by atoms with Gasteiger partial charge in [-0.25, -0.2) is 8.78 Å². The zero-order valence-corrected chi connectivity index (χ0v) is 9.52. The van der Waals surface area contributed by atoms with Crippen molar-refractivity contribution in [2.24, 2.45) is 0 Å². The lowest BCUT2D eigenvalue weighted by atomic mass is 10.2. The predicted molar refractivity (Wildman–Crippen MR) is 52.0 cm³/mol. The Balaban J connectivity index is 3.06. The maximum atomic E-state index is 13.1. The summed E-state index contributed by atoms with van der Waals surface area (Å²) in [7, 11) is 0. The van der Waals surface area contributed by atoms with Crippen LogP contribution < -0.4 is 5.73 Å². The first-order chi connectivity index (χ1) is 8.00. The largest absolute Gasteiger partial charge is 0.396 e. The second kappa shape index (κ2) is 4.36. The molecule has 0 fully saturated rings. The minimum atomic E-state index is -5.42. The van der Waals surface area contributed by atoms with Crippen LogP contribution in [0.25, 0.3) is 0 Å². The third kappa shape index (κ3) is 2.25. The topological polar surface area (TPSA) is 43.8 Å². The molecule has 0 aliphatic rings. The van der Waals surface area contributed by atoms with Crippen molar-refractivity contribution in [1.29, 1.82) is 0 Å². The maximum Gasteiger partial charge on any atom is 0.371 e. The normalized spacial score (nSPS) is 13.4. The second-order valence-electron chi connectivity index (χ2n) is 3.87. The van der Waals surface area contributed by atoms with Crippen LogP contribution in [0, 0.1) is 13.8 Å². The van der Waals surface area contributed by atoms with Crippen LogP contribution in [0.4, 0.5) is 32.0 Å². The molecule has 0 bridgehead atoms. The maximum absolute atomic E-state index is 13.1. The van der Waals surface area contributed by atoms with Crippen molar-refractivity contribution in [3.63, 3.8) is 0 Å². The number of rotatable bonds is 4. The molecule has 9 heteroatoms. The summed E-state index contributed by atoms with van der Waals surface area (Å²) in [5.41, 5.74) is 5.68. The zero-order chi connectivity index (χ0) is 14.3. The first kappa shape index (κ1) is 14.7. The van der Waals surface area contributed by atoms with Gasteiger partial charge >= 0.3 is 18.3 Å². The summed E-state index contributed by atoms with van der Waals surface area (Å²) < 4.78 is 75.9. The number of nitrogen functional groups attached to an aromatic ring is 1. The molecule has 0 radical (unpaired) electrons. The summed E-state index contributed by atoms with van der Waals surface area (Å²) in [5, 5.41) is 3.50. The van der Waals surface area contributed by atoms with E-state index in [-0.39, 0.29) is 17.1 Å². The molecule has 0 atom stereocenters. The molecule has 2 N–H and O–H groups in total. The number of hydrogen-bond acceptors (Lipinski definition) is 2. The Morgan fingerprint density at radius 1 is 1.22 bits per heavy atom. The molecule has 1 aromatic rings. The summed E-state index contributed by atoms with van der Waals surface area (Å²) in [6.45, 7) is 1.02. The lowest BCUT2D eigenvalue weighted by molar-refractivity contribution is -0.269. The van der Waals surface area contributed by atoms with Crippen molar-refractivity contribution in [3.8, 4) is 0 Å². The molecule has 0 aromatic carbocycles. The van der Waals surface area contributed by atoms with Crippen molar-refractivity contribution in [3.05, 3.63) is 11.4 Å². The fourth-order valence-electron chi connectivity index (χ4n) is 1.32. The number of aromatic nitrogens is 2. The molecule has 0 spiro atoms. The van der Waals surface area contributed by atoms with Gasteiger partial charge in [0.2, 0.25) is 0 Å². The molecule has 0 saturated heterocycles. The molecule has 1 aromatic heterocycles. The highest BCUT2D eigenvalue weighted by atomic mass is 19.3. The fraction of sp³-hybridized carbons (Fsp3) is 0.667. The number of halogens is 6. The van der Waals surface area contributed by atoms with E-state index in [2.05, 4.69) is 5.10 Å². The van der Waals surface area contributed by atoms with Crippen LogP contribution >= 0.6 is 0 Å². The van der Waals surface area contributed by atoms with Crippen molar-refractivity contribution in [1.82, 2.24) is 9.78 Å². The summed E-state index contributed by atoms with van der Waals surface area (Å²) >= 11 is 0. The monoisotopic (exact) mass is 275 g/mol. The molecule has 0 saturated carbocycles. The summed E-state index contributed by atoms with van der Waals surface area (Å²) in [4.78, 5) is 0. The molecule has 1 heterocycles. The van der Waals surface area contributed by atoms with Crippen molar-refractivity contribution in [2.45, 2.75) is 38.7 Å². The van der Waals surface area contributed by atoms with Crippen LogP contribution in [0.1, 0.15) is 11.4 Å². The molecule has 1 rings (SSSR count). The van der Waals surface area contributed by atoms with Gasteiger partial charge in [-0.3, -0.25) is 4.68 Å². The molecular formula is C9H11F6N3. The van der Waals surface area contributed by atoms with Gasteiger partial charge in [0.05, 0.1) is 17.1 Å². The van der Waals surface area contributed by atoms with Gasteiger partial charge in [-0.05, 0) is 13.8 Å². The summed E-state index contributed by atoms with van der Waals surface area (Å²) in [6, 6.07) is 0. The number of anilines is 1. The summed E-state index contributed by atoms with van der Waals surface area (Å²) in [5.74, 6) is -10.3. The minimum absolute atomic E-state index is 0.0252. The van der Waals surface area contributed by atoms with Gasteiger partial charge in [0.25, 0.3) is 0 Å². The standard InChI is InChI=1S/C9H11F6N3/c1-4-6(16)5(2)18(17-4)3-8(12,13)9(14,15)7(10)11/h7H,3,16H2,1-2H3. The van der Waals surface area contributed by atoms with Crippen molar-refractivity contribution < 1.29 is 26.3 Å². The quantitative estimate of drug-likeness (QED) is 0.858. The van der Waals surface area contributed by atoms with E-state index in [0.717, 1.165) is 0 Å². The molecule has 104 valence electrons. The third-order valence-electron chi connectivity index (χ3n) is 2.55. The molecule has 0 amide bonds. The Kier molecular flexibility index (Phi) is 3.55. The van der Waals surface area contributed by atoms with Crippen LogP contribution in [-0.4, -0.2) is 28.1 Å². The van der Waals surface area contributed by atoms with E-state index >= 15 is 0 Å². The SMILES string of the molecule is Cc1nn(CC(F)(F)C(F)(F)C(F)F)c(C)c1N. The highest BCUT2D eigenvalue weighted by molar-refractivity contribution is 5.46. The molecule has 18 heavy (non-hydrogen) atoms. The predicted octanol–water partition coefficient (Wildman–Crippen LogP) is 2.62. The van der Waals surface area contributed by atoms with E-state index in [4.69, 9.17) is 5.73 Å². The highest BCUT2D eigenvalue weighted by Crippen LogP contribution is 2.40. The van der Waals surface area contributed by atoms with Crippen LogP contribution in [0.15, 0.2) is 0 Å². The smallest absolute Gasteiger partial charge is 0.371 e. The molecule has 0 aliphatic heterocycles. The van der Waals surface area contributed by atoms with Gasteiger partial charge in [-0.15, -0.1) is 0 Å². The number of nitrogens with two attached hydrogens (primary N) is 1. The Bertz CT molecular complexity index is 440. The van der Waals surface area contributed by atoms with Gasteiger partial charge in [-0.2, -0.15) is 22.7 Å². The van der Waals surface area contributed by atoms with E-state index in [9.17, 15) is 26.3 Å². The molecular weight excluding hydrogens is 264 g/mol. The number of nitrogens with zero attached hydrogens (tertiary/aromatic N) is 2. The molecule has 0 unspecified atom stereocenters. The minimum Gasteiger partial charge on any atom is -0.396 e. The number of alkyl halides is 6. The zero-order valence-electron chi connectivity index (χ0n) is 9.52. The Labute approximate surface area is 98.6 Å².